The van der Waals surface area contributed by atoms with Crippen molar-refractivity contribution in [2.45, 2.75) is 63.8 Å². The van der Waals surface area contributed by atoms with Gasteiger partial charge in [-0.15, -0.1) is 0 Å². The largest absolute Gasteiger partial charge is 0.315 e. The molecule has 0 amide bonds. The zero-order valence-corrected chi connectivity index (χ0v) is 11.2. The summed E-state index contributed by atoms with van der Waals surface area (Å²) < 4.78 is 0. The maximum atomic E-state index is 3.52. The van der Waals surface area contributed by atoms with Crippen LogP contribution in [0, 0.1) is 5.41 Å². The Kier molecular flexibility index (Phi) is 3.72. The van der Waals surface area contributed by atoms with Gasteiger partial charge in [-0.3, -0.25) is 4.90 Å². The fourth-order valence-corrected chi connectivity index (χ4v) is 4.44. The predicted molar refractivity (Wildman–Crippen MR) is 72.2 cm³/mol. The third-order valence-corrected chi connectivity index (χ3v) is 5.57. The van der Waals surface area contributed by atoms with E-state index in [2.05, 4.69) is 10.2 Å². The molecule has 1 aliphatic heterocycles. The summed E-state index contributed by atoms with van der Waals surface area (Å²) in [6, 6.07) is 0.918. The van der Waals surface area contributed by atoms with Crippen molar-refractivity contribution in [2.75, 3.05) is 26.2 Å². The summed E-state index contributed by atoms with van der Waals surface area (Å²) in [6.45, 7) is 5.07. The molecule has 3 aliphatic rings. The van der Waals surface area contributed by atoms with E-state index in [-0.39, 0.29) is 0 Å². The first kappa shape index (κ1) is 12.0. The minimum Gasteiger partial charge on any atom is -0.315 e. The summed E-state index contributed by atoms with van der Waals surface area (Å²) >= 11 is 0. The first-order chi connectivity index (χ1) is 8.38. The van der Waals surface area contributed by atoms with Crippen LogP contribution in [0.25, 0.3) is 0 Å². The Hall–Kier alpha value is -0.0800. The molecule has 1 saturated heterocycles. The van der Waals surface area contributed by atoms with Crippen LogP contribution in [0.15, 0.2) is 0 Å². The number of rotatable bonds is 1. The van der Waals surface area contributed by atoms with Gasteiger partial charge in [0.2, 0.25) is 0 Å². The molecule has 0 aromatic heterocycles. The minimum atomic E-state index is 0.806. The Morgan fingerprint density at radius 1 is 0.824 bits per heavy atom. The van der Waals surface area contributed by atoms with Crippen LogP contribution >= 0.6 is 0 Å². The van der Waals surface area contributed by atoms with Gasteiger partial charge >= 0.3 is 0 Å². The van der Waals surface area contributed by atoms with E-state index in [9.17, 15) is 0 Å². The molecule has 0 atom stereocenters. The average Bonchev–Trinajstić information content (AvgIpc) is 2.65. The Bertz CT molecular complexity index is 227. The van der Waals surface area contributed by atoms with Crippen molar-refractivity contribution in [1.29, 1.82) is 0 Å². The van der Waals surface area contributed by atoms with E-state index >= 15 is 0 Å². The Balaban J connectivity index is 1.53. The molecule has 98 valence electrons. The molecule has 0 aromatic rings. The quantitative estimate of drug-likeness (QED) is 0.753. The highest BCUT2D eigenvalue weighted by Gasteiger charge is 2.38. The summed E-state index contributed by atoms with van der Waals surface area (Å²) in [5.41, 5.74) is 0.806. The van der Waals surface area contributed by atoms with E-state index in [4.69, 9.17) is 0 Å². The molecule has 2 heteroatoms. The first-order valence-electron chi connectivity index (χ1n) is 7.83. The van der Waals surface area contributed by atoms with Gasteiger partial charge in [-0.05, 0) is 63.5 Å². The Morgan fingerprint density at radius 2 is 1.59 bits per heavy atom. The van der Waals surface area contributed by atoms with Crippen LogP contribution in [0.2, 0.25) is 0 Å². The van der Waals surface area contributed by atoms with Crippen molar-refractivity contribution >= 4 is 0 Å². The number of hydrogen-bond acceptors (Lipinski definition) is 2. The van der Waals surface area contributed by atoms with Crippen LogP contribution in [0.4, 0.5) is 0 Å². The van der Waals surface area contributed by atoms with Crippen molar-refractivity contribution in [1.82, 2.24) is 10.2 Å². The molecule has 3 fully saturated rings. The molecule has 2 nitrogen and oxygen atoms in total. The summed E-state index contributed by atoms with van der Waals surface area (Å²) in [4.78, 5) is 2.78. The lowest BCUT2D eigenvalue weighted by atomic mass is 9.71. The second-order valence-electron chi connectivity index (χ2n) is 6.58. The first-order valence-corrected chi connectivity index (χ1v) is 7.83. The van der Waals surface area contributed by atoms with Gasteiger partial charge in [-0.2, -0.15) is 0 Å². The second kappa shape index (κ2) is 5.27. The van der Waals surface area contributed by atoms with Gasteiger partial charge in [0.25, 0.3) is 0 Å². The molecule has 1 N–H and O–H groups in total. The molecule has 0 unspecified atom stereocenters. The van der Waals surface area contributed by atoms with E-state index in [0.717, 1.165) is 11.5 Å². The fraction of sp³-hybridized carbons (Fsp3) is 1.00. The SMILES string of the molecule is C1CNCCN(C2CCC3(CCCC3)CC2)C1. The summed E-state index contributed by atoms with van der Waals surface area (Å²) in [5.74, 6) is 0. The lowest BCUT2D eigenvalue weighted by Gasteiger charge is -2.41. The lowest BCUT2D eigenvalue weighted by molar-refractivity contribution is 0.0953. The van der Waals surface area contributed by atoms with Gasteiger partial charge in [0, 0.05) is 19.1 Å². The van der Waals surface area contributed by atoms with Crippen molar-refractivity contribution in [3.8, 4) is 0 Å². The van der Waals surface area contributed by atoms with Gasteiger partial charge in [0.05, 0.1) is 0 Å². The van der Waals surface area contributed by atoms with E-state index in [0.29, 0.717) is 0 Å². The standard InChI is InChI=1S/C15H28N2/c1-2-7-15(6-1)8-4-14(5-9-15)17-12-3-10-16-11-13-17/h14,16H,1-13H2. The summed E-state index contributed by atoms with van der Waals surface area (Å²) in [5, 5.41) is 3.52. The molecular weight excluding hydrogens is 208 g/mol. The molecular formula is C15H28N2. The second-order valence-corrected chi connectivity index (χ2v) is 6.58. The van der Waals surface area contributed by atoms with Crippen molar-refractivity contribution in [2.24, 2.45) is 5.41 Å². The molecule has 0 radical (unpaired) electrons. The summed E-state index contributed by atoms with van der Waals surface area (Å²) in [6.07, 6.45) is 13.5. The molecule has 1 spiro atoms. The number of nitrogens with one attached hydrogen (secondary N) is 1. The fourth-order valence-electron chi connectivity index (χ4n) is 4.44. The van der Waals surface area contributed by atoms with Gasteiger partial charge in [-0.1, -0.05) is 12.8 Å². The Morgan fingerprint density at radius 3 is 2.35 bits per heavy atom. The molecule has 1 heterocycles. The third-order valence-electron chi connectivity index (χ3n) is 5.57. The zero-order valence-electron chi connectivity index (χ0n) is 11.2. The average molecular weight is 236 g/mol. The normalized spacial score (nSPS) is 31.8. The highest BCUT2D eigenvalue weighted by molar-refractivity contribution is 4.92. The van der Waals surface area contributed by atoms with Crippen LogP contribution in [-0.2, 0) is 0 Å². The van der Waals surface area contributed by atoms with E-state index in [1.165, 1.54) is 71.1 Å². The lowest BCUT2D eigenvalue weighted by Crippen LogP contribution is -2.42. The molecule has 2 saturated carbocycles. The van der Waals surface area contributed by atoms with Crippen molar-refractivity contribution in [3.05, 3.63) is 0 Å². The van der Waals surface area contributed by atoms with Crippen LogP contribution in [0.5, 0.6) is 0 Å². The maximum Gasteiger partial charge on any atom is 0.0110 e. The van der Waals surface area contributed by atoms with Crippen molar-refractivity contribution < 1.29 is 0 Å². The van der Waals surface area contributed by atoms with Gasteiger partial charge in [-0.25, -0.2) is 0 Å². The molecule has 17 heavy (non-hydrogen) atoms. The van der Waals surface area contributed by atoms with E-state index in [1.54, 1.807) is 12.8 Å². The zero-order chi connectivity index (χ0) is 11.6. The van der Waals surface area contributed by atoms with E-state index < -0.39 is 0 Å². The molecule has 0 bridgehead atoms. The van der Waals surface area contributed by atoms with Crippen LogP contribution in [-0.4, -0.2) is 37.1 Å². The highest BCUT2D eigenvalue weighted by Crippen LogP contribution is 2.49. The van der Waals surface area contributed by atoms with Gasteiger partial charge < -0.3 is 5.32 Å². The maximum absolute atomic E-state index is 3.52. The number of hydrogen-bond donors (Lipinski definition) is 1. The topological polar surface area (TPSA) is 15.3 Å². The minimum absolute atomic E-state index is 0.806. The molecule has 3 rings (SSSR count). The predicted octanol–water partition coefficient (Wildman–Crippen LogP) is 2.78. The van der Waals surface area contributed by atoms with Crippen LogP contribution < -0.4 is 5.32 Å². The molecule has 0 aromatic carbocycles. The molecule has 2 aliphatic carbocycles. The monoisotopic (exact) mass is 236 g/mol. The Labute approximate surface area is 106 Å². The van der Waals surface area contributed by atoms with Crippen LogP contribution in [0.3, 0.4) is 0 Å². The summed E-state index contributed by atoms with van der Waals surface area (Å²) in [7, 11) is 0. The van der Waals surface area contributed by atoms with E-state index in [1.807, 2.05) is 0 Å². The third kappa shape index (κ3) is 2.68. The number of nitrogens with zero attached hydrogens (tertiary/aromatic N) is 1. The van der Waals surface area contributed by atoms with Crippen molar-refractivity contribution in [3.63, 3.8) is 0 Å². The van der Waals surface area contributed by atoms with Gasteiger partial charge in [0.15, 0.2) is 0 Å². The highest BCUT2D eigenvalue weighted by atomic mass is 15.2. The van der Waals surface area contributed by atoms with Gasteiger partial charge in [0.1, 0.15) is 0 Å². The van der Waals surface area contributed by atoms with Crippen LogP contribution in [0.1, 0.15) is 57.8 Å². The smallest absolute Gasteiger partial charge is 0.0110 e.